The molecule has 0 radical (unpaired) electrons. The molecule has 2 heterocycles. The highest BCUT2D eigenvalue weighted by Gasteiger charge is 2.09. The van der Waals surface area contributed by atoms with Crippen molar-refractivity contribution in [3.8, 4) is 10.6 Å². The predicted molar refractivity (Wildman–Crippen MR) is 74.8 cm³/mol. The molecule has 0 unspecified atom stereocenters. The number of aromatic nitrogens is 2. The van der Waals surface area contributed by atoms with Gasteiger partial charge in [0.05, 0.1) is 0 Å². The van der Waals surface area contributed by atoms with Gasteiger partial charge < -0.3 is 5.32 Å². The normalized spacial score (nSPS) is 11.3. The number of nitrogens with zero attached hydrogens (tertiary/aromatic N) is 2. The van der Waals surface area contributed by atoms with Crippen molar-refractivity contribution in [1.29, 1.82) is 0 Å². The van der Waals surface area contributed by atoms with Crippen molar-refractivity contribution in [2.75, 3.05) is 6.54 Å². The van der Waals surface area contributed by atoms with Gasteiger partial charge in [-0.05, 0) is 17.9 Å². The SMILES string of the molecule is Cc1cscc1-c1nnc(CCNC(C)C)s1. The Balaban J connectivity index is 1.99. The molecule has 0 fully saturated rings. The molecular weight excluding hydrogens is 250 g/mol. The van der Waals surface area contributed by atoms with Gasteiger partial charge >= 0.3 is 0 Å². The number of aryl methyl sites for hydroxylation is 1. The number of hydrogen-bond acceptors (Lipinski definition) is 5. The second-order valence-corrected chi connectivity index (χ2v) is 6.13. The van der Waals surface area contributed by atoms with E-state index in [1.165, 1.54) is 11.1 Å². The fourth-order valence-corrected chi connectivity index (χ4v) is 3.34. The molecule has 0 aliphatic heterocycles. The Morgan fingerprint density at radius 2 is 2.12 bits per heavy atom. The lowest BCUT2D eigenvalue weighted by Crippen LogP contribution is -2.24. The van der Waals surface area contributed by atoms with Crippen molar-refractivity contribution in [3.63, 3.8) is 0 Å². The second-order valence-electron chi connectivity index (χ2n) is 4.33. The van der Waals surface area contributed by atoms with Gasteiger partial charge in [0.25, 0.3) is 0 Å². The fraction of sp³-hybridized carbons (Fsp3) is 0.500. The Kier molecular flexibility index (Phi) is 4.25. The molecule has 0 aliphatic rings. The average Bonchev–Trinajstić information content (AvgIpc) is 2.86. The van der Waals surface area contributed by atoms with E-state index in [1.54, 1.807) is 22.7 Å². The maximum Gasteiger partial charge on any atom is 0.148 e. The van der Waals surface area contributed by atoms with Gasteiger partial charge in [-0.25, -0.2) is 0 Å². The van der Waals surface area contributed by atoms with E-state index in [1.807, 2.05) is 0 Å². The zero-order chi connectivity index (χ0) is 12.3. The van der Waals surface area contributed by atoms with Gasteiger partial charge in [0.1, 0.15) is 10.0 Å². The molecule has 0 aliphatic carbocycles. The molecule has 2 aromatic rings. The second kappa shape index (κ2) is 5.71. The summed E-state index contributed by atoms with van der Waals surface area (Å²) in [5, 5.41) is 18.3. The van der Waals surface area contributed by atoms with E-state index in [0.717, 1.165) is 23.0 Å². The van der Waals surface area contributed by atoms with E-state index in [4.69, 9.17) is 0 Å². The molecule has 0 saturated carbocycles. The molecule has 92 valence electrons. The van der Waals surface area contributed by atoms with Crippen LogP contribution in [0, 0.1) is 6.92 Å². The summed E-state index contributed by atoms with van der Waals surface area (Å²) >= 11 is 3.42. The van der Waals surface area contributed by atoms with Gasteiger partial charge in [-0.15, -0.1) is 10.2 Å². The lowest BCUT2D eigenvalue weighted by atomic mass is 10.2. The average molecular weight is 267 g/mol. The van der Waals surface area contributed by atoms with Crippen LogP contribution in [0.2, 0.25) is 0 Å². The van der Waals surface area contributed by atoms with Gasteiger partial charge in [-0.1, -0.05) is 25.2 Å². The molecule has 1 N–H and O–H groups in total. The van der Waals surface area contributed by atoms with E-state index in [2.05, 4.69) is 47.0 Å². The maximum atomic E-state index is 4.26. The fourth-order valence-electron chi connectivity index (χ4n) is 1.51. The van der Waals surface area contributed by atoms with Gasteiger partial charge in [-0.2, -0.15) is 11.3 Å². The van der Waals surface area contributed by atoms with Crippen molar-refractivity contribution in [1.82, 2.24) is 15.5 Å². The highest BCUT2D eigenvalue weighted by Crippen LogP contribution is 2.29. The summed E-state index contributed by atoms with van der Waals surface area (Å²) in [6, 6.07) is 0.529. The topological polar surface area (TPSA) is 37.8 Å². The number of thiophene rings is 1. The van der Waals surface area contributed by atoms with Gasteiger partial charge in [0.15, 0.2) is 0 Å². The molecule has 2 aromatic heterocycles. The van der Waals surface area contributed by atoms with E-state index < -0.39 is 0 Å². The molecule has 17 heavy (non-hydrogen) atoms. The number of hydrogen-bond donors (Lipinski definition) is 1. The Morgan fingerprint density at radius 3 is 2.76 bits per heavy atom. The van der Waals surface area contributed by atoms with Crippen LogP contribution in [-0.2, 0) is 6.42 Å². The monoisotopic (exact) mass is 267 g/mol. The molecule has 0 spiro atoms. The number of nitrogens with one attached hydrogen (secondary N) is 1. The summed E-state index contributed by atoms with van der Waals surface area (Å²) in [6.07, 6.45) is 0.957. The molecule has 0 atom stereocenters. The first-order chi connectivity index (χ1) is 8.16. The lowest BCUT2D eigenvalue weighted by Gasteiger charge is -2.04. The van der Waals surface area contributed by atoms with Crippen LogP contribution in [0.1, 0.15) is 24.4 Å². The van der Waals surface area contributed by atoms with E-state index >= 15 is 0 Å². The Hall–Kier alpha value is -0.780. The third-order valence-electron chi connectivity index (χ3n) is 2.44. The van der Waals surface area contributed by atoms with Crippen LogP contribution in [0.15, 0.2) is 10.8 Å². The third kappa shape index (κ3) is 3.34. The van der Waals surface area contributed by atoms with Crippen LogP contribution in [0.5, 0.6) is 0 Å². The quantitative estimate of drug-likeness (QED) is 0.904. The van der Waals surface area contributed by atoms with Crippen LogP contribution in [0.3, 0.4) is 0 Å². The molecular formula is C12H17N3S2. The van der Waals surface area contributed by atoms with Crippen molar-refractivity contribution in [3.05, 3.63) is 21.3 Å². The Morgan fingerprint density at radius 1 is 1.29 bits per heavy atom. The highest BCUT2D eigenvalue weighted by molar-refractivity contribution is 7.15. The van der Waals surface area contributed by atoms with E-state index in [9.17, 15) is 0 Å². The van der Waals surface area contributed by atoms with Gasteiger partial charge in [0, 0.05) is 30.0 Å². The zero-order valence-corrected chi connectivity index (χ0v) is 12.0. The first kappa shape index (κ1) is 12.7. The Labute approximate surface area is 110 Å². The summed E-state index contributed by atoms with van der Waals surface area (Å²) in [5.74, 6) is 0. The zero-order valence-electron chi connectivity index (χ0n) is 10.4. The lowest BCUT2D eigenvalue weighted by molar-refractivity contribution is 0.588. The molecule has 2 rings (SSSR count). The van der Waals surface area contributed by atoms with Gasteiger partial charge in [-0.3, -0.25) is 0 Å². The molecule has 0 bridgehead atoms. The van der Waals surface area contributed by atoms with E-state index in [0.29, 0.717) is 6.04 Å². The summed E-state index contributed by atoms with van der Waals surface area (Å²) < 4.78 is 0. The standard InChI is InChI=1S/C12H17N3S2/c1-8(2)13-5-4-11-14-15-12(17-11)10-7-16-6-9(10)3/h6-8,13H,4-5H2,1-3H3. The molecule has 5 heteroatoms. The first-order valence-corrected chi connectivity index (χ1v) is 7.51. The van der Waals surface area contributed by atoms with Crippen LogP contribution < -0.4 is 5.32 Å². The minimum atomic E-state index is 0.529. The minimum Gasteiger partial charge on any atom is -0.314 e. The summed E-state index contributed by atoms with van der Waals surface area (Å²) in [6.45, 7) is 7.39. The molecule has 0 aromatic carbocycles. The van der Waals surface area contributed by atoms with Gasteiger partial charge in [0.2, 0.25) is 0 Å². The van der Waals surface area contributed by atoms with Crippen molar-refractivity contribution in [2.45, 2.75) is 33.2 Å². The number of rotatable bonds is 5. The van der Waals surface area contributed by atoms with Crippen molar-refractivity contribution in [2.24, 2.45) is 0 Å². The summed E-state index contributed by atoms with van der Waals surface area (Å²) in [5.41, 5.74) is 2.52. The van der Waals surface area contributed by atoms with Crippen LogP contribution in [0.25, 0.3) is 10.6 Å². The molecule has 3 nitrogen and oxygen atoms in total. The molecule has 0 saturated heterocycles. The minimum absolute atomic E-state index is 0.529. The Bertz CT molecular complexity index is 474. The third-order valence-corrected chi connectivity index (χ3v) is 4.32. The maximum absolute atomic E-state index is 4.26. The van der Waals surface area contributed by atoms with Crippen LogP contribution >= 0.6 is 22.7 Å². The summed E-state index contributed by atoms with van der Waals surface area (Å²) in [7, 11) is 0. The highest BCUT2D eigenvalue weighted by atomic mass is 32.1. The smallest absolute Gasteiger partial charge is 0.148 e. The van der Waals surface area contributed by atoms with E-state index in [-0.39, 0.29) is 0 Å². The molecule has 0 amide bonds. The van der Waals surface area contributed by atoms with Crippen LogP contribution in [-0.4, -0.2) is 22.8 Å². The van der Waals surface area contributed by atoms with Crippen LogP contribution in [0.4, 0.5) is 0 Å². The van der Waals surface area contributed by atoms with Crippen molar-refractivity contribution < 1.29 is 0 Å². The summed E-state index contributed by atoms with van der Waals surface area (Å²) in [4.78, 5) is 0. The first-order valence-electron chi connectivity index (χ1n) is 5.75. The van der Waals surface area contributed by atoms with Crippen molar-refractivity contribution >= 4 is 22.7 Å². The largest absolute Gasteiger partial charge is 0.314 e. The predicted octanol–water partition coefficient (Wildman–Crippen LogP) is 3.12.